The molecular weight excluding hydrogens is 206 g/mol. The molecule has 0 spiro atoms. The Labute approximate surface area is 73.7 Å². The third-order valence-electron chi connectivity index (χ3n) is 2.22. The van der Waals surface area contributed by atoms with Crippen LogP contribution in [0.4, 0.5) is 0 Å². The first kappa shape index (κ1) is 7.31. The van der Waals surface area contributed by atoms with E-state index in [4.69, 9.17) is 5.73 Å². The van der Waals surface area contributed by atoms with Crippen LogP contribution in [0.25, 0.3) is 0 Å². The summed E-state index contributed by atoms with van der Waals surface area (Å²) in [6, 6.07) is 0.188. The largest absolute Gasteiger partial charge is 0.324 e. The predicted octanol–water partition coefficient (Wildman–Crippen LogP) is 1.13. The molecule has 0 saturated heterocycles. The van der Waals surface area contributed by atoms with E-state index in [0.29, 0.717) is 0 Å². The van der Waals surface area contributed by atoms with Gasteiger partial charge < -0.3 is 5.73 Å². The first-order chi connectivity index (χ1) is 5.20. The third-order valence-corrected chi connectivity index (χ3v) is 2.81. The quantitative estimate of drug-likeness (QED) is 0.706. The number of fused-ring (bicyclic) bond motifs is 1. The van der Waals surface area contributed by atoms with E-state index in [1.54, 1.807) is 0 Å². The van der Waals surface area contributed by atoms with Crippen LogP contribution >= 0.6 is 15.9 Å². The van der Waals surface area contributed by atoms with Gasteiger partial charge in [-0.15, -0.1) is 0 Å². The molecule has 1 aliphatic carbocycles. The Kier molecular flexibility index (Phi) is 1.54. The molecular formula is C7H10BrN3. The standard InChI is InChI=1S/C7H10BrN3/c1-11-5-3-2-4(9)6(5)7(8)10-11/h4H,2-3,9H2,1H3. The maximum atomic E-state index is 5.88. The Bertz CT molecular complexity index is 292. The monoisotopic (exact) mass is 215 g/mol. The van der Waals surface area contributed by atoms with Crippen LogP contribution in [-0.2, 0) is 13.5 Å². The van der Waals surface area contributed by atoms with Gasteiger partial charge in [0, 0.05) is 24.3 Å². The number of nitrogens with two attached hydrogens (primary N) is 1. The molecule has 3 nitrogen and oxygen atoms in total. The van der Waals surface area contributed by atoms with Crippen molar-refractivity contribution >= 4 is 15.9 Å². The summed E-state index contributed by atoms with van der Waals surface area (Å²) in [4.78, 5) is 0. The van der Waals surface area contributed by atoms with Gasteiger partial charge in [0.15, 0.2) is 0 Å². The van der Waals surface area contributed by atoms with Crippen molar-refractivity contribution in [2.45, 2.75) is 18.9 Å². The summed E-state index contributed by atoms with van der Waals surface area (Å²) in [5.74, 6) is 0. The molecule has 0 saturated carbocycles. The molecule has 60 valence electrons. The molecule has 1 heterocycles. The minimum absolute atomic E-state index is 0.188. The molecule has 0 aliphatic heterocycles. The van der Waals surface area contributed by atoms with Crippen molar-refractivity contribution in [1.29, 1.82) is 0 Å². The third kappa shape index (κ3) is 0.929. The summed E-state index contributed by atoms with van der Waals surface area (Å²) < 4.78 is 2.83. The van der Waals surface area contributed by atoms with Gasteiger partial charge in [-0.3, -0.25) is 4.68 Å². The molecule has 4 heteroatoms. The second kappa shape index (κ2) is 2.32. The molecule has 11 heavy (non-hydrogen) atoms. The highest BCUT2D eigenvalue weighted by Gasteiger charge is 2.25. The van der Waals surface area contributed by atoms with Crippen molar-refractivity contribution in [1.82, 2.24) is 9.78 Å². The normalized spacial score (nSPS) is 22.3. The van der Waals surface area contributed by atoms with E-state index >= 15 is 0 Å². The first-order valence-electron chi connectivity index (χ1n) is 3.67. The number of halogens is 1. The summed E-state index contributed by atoms with van der Waals surface area (Å²) in [5.41, 5.74) is 8.36. The Balaban J connectivity index is 2.60. The maximum Gasteiger partial charge on any atom is 0.133 e. The number of hydrogen-bond acceptors (Lipinski definition) is 2. The zero-order valence-electron chi connectivity index (χ0n) is 6.34. The molecule has 2 N–H and O–H groups in total. The van der Waals surface area contributed by atoms with Crippen molar-refractivity contribution in [3.8, 4) is 0 Å². The van der Waals surface area contributed by atoms with Crippen molar-refractivity contribution in [3.05, 3.63) is 15.9 Å². The summed E-state index contributed by atoms with van der Waals surface area (Å²) in [6.07, 6.45) is 2.12. The van der Waals surface area contributed by atoms with E-state index in [2.05, 4.69) is 21.0 Å². The smallest absolute Gasteiger partial charge is 0.133 e. The number of hydrogen-bond donors (Lipinski definition) is 1. The minimum atomic E-state index is 0.188. The maximum absolute atomic E-state index is 5.88. The fourth-order valence-corrected chi connectivity index (χ4v) is 2.40. The van der Waals surface area contributed by atoms with Crippen LogP contribution in [0, 0.1) is 0 Å². The van der Waals surface area contributed by atoms with Gasteiger partial charge in [0.2, 0.25) is 0 Å². The number of aryl methyl sites for hydroxylation is 1. The summed E-state index contributed by atoms with van der Waals surface area (Å²) in [5, 5.41) is 4.24. The van der Waals surface area contributed by atoms with Crippen LogP contribution in [0.2, 0.25) is 0 Å². The predicted molar refractivity (Wildman–Crippen MR) is 46.2 cm³/mol. The van der Waals surface area contributed by atoms with E-state index in [0.717, 1.165) is 17.4 Å². The molecule has 0 fully saturated rings. The van der Waals surface area contributed by atoms with E-state index in [-0.39, 0.29) is 6.04 Å². The van der Waals surface area contributed by atoms with E-state index in [1.807, 2.05) is 11.7 Å². The minimum Gasteiger partial charge on any atom is -0.324 e. The van der Waals surface area contributed by atoms with Crippen LogP contribution in [-0.4, -0.2) is 9.78 Å². The lowest BCUT2D eigenvalue weighted by Crippen LogP contribution is -2.05. The van der Waals surface area contributed by atoms with Crippen molar-refractivity contribution < 1.29 is 0 Å². The Morgan fingerprint density at radius 3 is 3.09 bits per heavy atom. The number of nitrogens with zero attached hydrogens (tertiary/aromatic N) is 2. The molecule has 1 unspecified atom stereocenters. The van der Waals surface area contributed by atoms with Crippen molar-refractivity contribution in [2.24, 2.45) is 12.8 Å². The lowest BCUT2D eigenvalue weighted by Gasteiger charge is -1.98. The number of aromatic nitrogens is 2. The van der Waals surface area contributed by atoms with E-state index in [1.165, 1.54) is 11.3 Å². The zero-order valence-corrected chi connectivity index (χ0v) is 7.93. The van der Waals surface area contributed by atoms with Gasteiger partial charge >= 0.3 is 0 Å². The van der Waals surface area contributed by atoms with Crippen LogP contribution in [0.3, 0.4) is 0 Å². The summed E-state index contributed by atoms with van der Waals surface area (Å²) in [7, 11) is 1.96. The van der Waals surface area contributed by atoms with Gasteiger partial charge in [0.1, 0.15) is 4.60 Å². The molecule has 0 amide bonds. The second-order valence-corrected chi connectivity index (χ2v) is 3.67. The Hall–Kier alpha value is -0.350. The molecule has 1 aromatic rings. The Morgan fingerprint density at radius 1 is 1.73 bits per heavy atom. The van der Waals surface area contributed by atoms with Gasteiger partial charge in [-0.05, 0) is 28.8 Å². The van der Waals surface area contributed by atoms with Gasteiger partial charge in [0.05, 0.1) is 0 Å². The second-order valence-electron chi connectivity index (χ2n) is 2.92. The highest BCUT2D eigenvalue weighted by Crippen LogP contribution is 2.33. The average Bonchev–Trinajstić information content (AvgIpc) is 2.41. The number of rotatable bonds is 0. The Morgan fingerprint density at radius 2 is 2.45 bits per heavy atom. The first-order valence-corrected chi connectivity index (χ1v) is 4.46. The molecule has 2 rings (SSSR count). The average molecular weight is 216 g/mol. The summed E-state index contributed by atoms with van der Waals surface area (Å²) in [6.45, 7) is 0. The van der Waals surface area contributed by atoms with Crippen LogP contribution in [0.1, 0.15) is 23.7 Å². The fraction of sp³-hybridized carbons (Fsp3) is 0.571. The summed E-state index contributed by atoms with van der Waals surface area (Å²) >= 11 is 3.40. The fourth-order valence-electron chi connectivity index (χ4n) is 1.64. The molecule has 1 aromatic heterocycles. The molecule has 0 radical (unpaired) electrons. The topological polar surface area (TPSA) is 43.8 Å². The van der Waals surface area contributed by atoms with Crippen molar-refractivity contribution in [3.63, 3.8) is 0 Å². The van der Waals surface area contributed by atoms with Crippen LogP contribution in [0.15, 0.2) is 4.60 Å². The van der Waals surface area contributed by atoms with Gasteiger partial charge in [-0.2, -0.15) is 5.10 Å². The SMILES string of the molecule is Cn1nc(Br)c2c1CCC2N. The highest BCUT2D eigenvalue weighted by molar-refractivity contribution is 9.10. The van der Waals surface area contributed by atoms with Gasteiger partial charge in [0.25, 0.3) is 0 Å². The lowest BCUT2D eigenvalue weighted by atomic mass is 10.2. The highest BCUT2D eigenvalue weighted by atomic mass is 79.9. The van der Waals surface area contributed by atoms with Gasteiger partial charge in [-0.1, -0.05) is 0 Å². The molecule has 0 bridgehead atoms. The van der Waals surface area contributed by atoms with Gasteiger partial charge in [-0.25, -0.2) is 0 Å². The lowest BCUT2D eigenvalue weighted by molar-refractivity contribution is 0.663. The van der Waals surface area contributed by atoms with Crippen LogP contribution in [0.5, 0.6) is 0 Å². The van der Waals surface area contributed by atoms with Crippen LogP contribution < -0.4 is 5.73 Å². The molecule has 0 aromatic carbocycles. The van der Waals surface area contributed by atoms with E-state index in [9.17, 15) is 0 Å². The van der Waals surface area contributed by atoms with E-state index < -0.39 is 0 Å². The van der Waals surface area contributed by atoms with Crippen molar-refractivity contribution in [2.75, 3.05) is 0 Å². The zero-order chi connectivity index (χ0) is 8.01. The molecule has 1 atom stereocenters. The molecule has 1 aliphatic rings.